The zero-order valence-electron chi connectivity index (χ0n) is 12.7. The molecule has 8 heteroatoms. The number of carbonyl (C=O) groups is 1. The summed E-state index contributed by atoms with van der Waals surface area (Å²) in [5, 5.41) is 6.93. The smallest absolute Gasteiger partial charge is 0.260 e. The van der Waals surface area contributed by atoms with Crippen molar-refractivity contribution in [1.29, 1.82) is 0 Å². The number of amides is 1. The first-order valence-corrected chi connectivity index (χ1v) is 7.43. The monoisotopic (exact) mass is 344 g/mol. The van der Waals surface area contributed by atoms with Gasteiger partial charge in [-0.3, -0.25) is 4.79 Å². The Morgan fingerprint density at radius 1 is 1.29 bits per heavy atom. The number of ether oxygens (including phenoxy) is 1. The molecule has 0 atom stereocenters. The molecule has 1 amide bonds. The molecule has 0 radical (unpaired) electrons. The number of aryl methyl sites for hydroxylation is 1. The molecule has 0 bridgehead atoms. The minimum absolute atomic E-state index is 0.0980. The van der Waals surface area contributed by atoms with Gasteiger partial charge in [0.2, 0.25) is 11.7 Å². The quantitative estimate of drug-likeness (QED) is 0.764. The summed E-state index contributed by atoms with van der Waals surface area (Å²) in [6.07, 6.45) is 1.46. The minimum atomic E-state index is -0.343. The van der Waals surface area contributed by atoms with Gasteiger partial charge in [0.1, 0.15) is 11.6 Å². The second-order valence-electron chi connectivity index (χ2n) is 4.83. The number of nitrogens with zero attached hydrogens (tertiary/aromatic N) is 3. The first-order valence-electron chi connectivity index (χ1n) is 7.06. The van der Waals surface area contributed by atoms with Crippen molar-refractivity contribution in [3.63, 3.8) is 0 Å². The standard InChI is InChI=1S/C16H13ClN4O3/c1-10-19-15(21-24-10)9-23-13-5-3-2-4-12(13)16(22)20-14-7-6-11(17)8-18-14/h2-8H,9H2,1H3,(H,18,20,22). The van der Waals surface area contributed by atoms with Crippen molar-refractivity contribution in [2.24, 2.45) is 0 Å². The molecule has 0 aliphatic carbocycles. The van der Waals surface area contributed by atoms with Crippen molar-refractivity contribution < 1.29 is 14.1 Å². The number of nitrogens with one attached hydrogen (secondary N) is 1. The van der Waals surface area contributed by atoms with Crippen LogP contribution in [0.25, 0.3) is 0 Å². The van der Waals surface area contributed by atoms with Crippen LogP contribution in [0.15, 0.2) is 47.1 Å². The fourth-order valence-electron chi connectivity index (χ4n) is 1.96. The number of hydrogen-bond acceptors (Lipinski definition) is 6. The number of rotatable bonds is 5. The Balaban J connectivity index is 1.72. The van der Waals surface area contributed by atoms with Crippen LogP contribution in [0.1, 0.15) is 22.1 Å². The van der Waals surface area contributed by atoms with Gasteiger partial charge in [-0.25, -0.2) is 4.98 Å². The summed E-state index contributed by atoms with van der Waals surface area (Å²) in [6.45, 7) is 1.79. The molecule has 0 unspecified atom stereocenters. The van der Waals surface area contributed by atoms with Crippen LogP contribution in [-0.4, -0.2) is 21.0 Å². The van der Waals surface area contributed by atoms with Crippen molar-refractivity contribution in [2.45, 2.75) is 13.5 Å². The van der Waals surface area contributed by atoms with E-state index >= 15 is 0 Å². The zero-order valence-corrected chi connectivity index (χ0v) is 13.4. The van der Waals surface area contributed by atoms with E-state index in [2.05, 4.69) is 20.4 Å². The highest BCUT2D eigenvalue weighted by molar-refractivity contribution is 6.30. The lowest BCUT2D eigenvalue weighted by Crippen LogP contribution is -2.14. The van der Waals surface area contributed by atoms with Crippen LogP contribution >= 0.6 is 11.6 Å². The maximum Gasteiger partial charge on any atom is 0.260 e. The number of benzene rings is 1. The van der Waals surface area contributed by atoms with Crippen molar-refractivity contribution in [2.75, 3.05) is 5.32 Å². The predicted octanol–water partition coefficient (Wildman–Crippen LogP) is 3.26. The summed E-state index contributed by atoms with van der Waals surface area (Å²) >= 11 is 5.78. The Labute approximate surface area is 142 Å². The summed E-state index contributed by atoms with van der Waals surface area (Å²) < 4.78 is 10.5. The number of pyridine rings is 1. The van der Waals surface area contributed by atoms with Crippen LogP contribution in [0.5, 0.6) is 5.75 Å². The first kappa shape index (κ1) is 15.9. The zero-order chi connectivity index (χ0) is 16.9. The van der Waals surface area contributed by atoms with E-state index in [9.17, 15) is 4.79 Å². The van der Waals surface area contributed by atoms with E-state index in [1.807, 2.05) is 0 Å². The molecule has 1 N–H and O–H groups in total. The van der Waals surface area contributed by atoms with Crippen molar-refractivity contribution in [3.8, 4) is 5.75 Å². The lowest BCUT2D eigenvalue weighted by atomic mass is 10.2. The average molecular weight is 345 g/mol. The third-order valence-corrected chi connectivity index (χ3v) is 3.25. The maximum absolute atomic E-state index is 12.4. The molecule has 2 aromatic heterocycles. The molecule has 122 valence electrons. The van der Waals surface area contributed by atoms with E-state index in [1.165, 1.54) is 6.20 Å². The number of anilines is 1. The van der Waals surface area contributed by atoms with Gasteiger partial charge in [0.25, 0.3) is 5.91 Å². The lowest BCUT2D eigenvalue weighted by molar-refractivity contribution is 0.102. The van der Waals surface area contributed by atoms with Crippen molar-refractivity contribution >= 4 is 23.3 Å². The number of carbonyl (C=O) groups excluding carboxylic acids is 1. The minimum Gasteiger partial charge on any atom is -0.485 e. The maximum atomic E-state index is 12.4. The fourth-order valence-corrected chi connectivity index (χ4v) is 2.07. The summed E-state index contributed by atoms with van der Waals surface area (Å²) in [4.78, 5) is 20.5. The van der Waals surface area contributed by atoms with E-state index in [0.29, 0.717) is 33.9 Å². The van der Waals surface area contributed by atoms with Crippen molar-refractivity contribution in [1.82, 2.24) is 15.1 Å². The van der Waals surface area contributed by atoms with Gasteiger partial charge in [0, 0.05) is 13.1 Å². The Hall–Kier alpha value is -2.93. The molecule has 1 aromatic carbocycles. The molecule has 0 spiro atoms. The second kappa shape index (κ2) is 7.10. The Bertz CT molecular complexity index is 849. The highest BCUT2D eigenvalue weighted by Crippen LogP contribution is 2.20. The van der Waals surface area contributed by atoms with Gasteiger partial charge < -0.3 is 14.6 Å². The topological polar surface area (TPSA) is 90.1 Å². The third kappa shape index (κ3) is 3.88. The molecule has 0 aliphatic heterocycles. The predicted molar refractivity (Wildman–Crippen MR) is 87.0 cm³/mol. The lowest BCUT2D eigenvalue weighted by Gasteiger charge is -2.10. The summed E-state index contributed by atoms with van der Waals surface area (Å²) in [7, 11) is 0. The van der Waals surface area contributed by atoms with Gasteiger partial charge in [-0.05, 0) is 24.3 Å². The molecule has 0 saturated heterocycles. The average Bonchev–Trinajstić information content (AvgIpc) is 3.01. The van der Waals surface area contributed by atoms with Crippen LogP contribution in [0.4, 0.5) is 5.82 Å². The largest absolute Gasteiger partial charge is 0.485 e. The summed E-state index contributed by atoms with van der Waals surface area (Å²) in [5.74, 6) is 1.32. The molecule has 2 heterocycles. The van der Waals surface area contributed by atoms with Gasteiger partial charge in [-0.2, -0.15) is 4.98 Å². The fraction of sp³-hybridized carbons (Fsp3) is 0.125. The van der Waals surface area contributed by atoms with E-state index < -0.39 is 0 Å². The van der Waals surface area contributed by atoms with E-state index in [0.717, 1.165) is 0 Å². The first-order chi connectivity index (χ1) is 11.6. The number of aromatic nitrogens is 3. The molecule has 3 rings (SSSR count). The third-order valence-electron chi connectivity index (χ3n) is 3.03. The van der Waals surface area contributed by atoms with Crippen LogP contribution in [-0.2, 0) is 6.61 Å². The Morgan fingerprint density at radius 3 is 2.83 bits per heavy atom. The van der Waals surface area contributed by atoms with Gasteiger partial charge >= 0.3 is 0 Å². The molecule has 3 aromatic rings. The van der Waals surface area contributed by atoms with Gasteiger partial charge in [-0.1, -0.05) is 28.9 Å². The number of para-hydroxylation sites is 1. The van der Waals surface area contributed by atoms with Crippen LogP contribution in [0, 0.1) is 6.92 Å². The Kier molecular flexibility index (Phi) is 4.72. The highest BCUT2D eigenvalue weighted by atomic mass is 35.5. The van der Waals surface area contributed by atoms with E-state index in [1.54, 1.807) is 43.3 Å². The molecule has 7 nitrogen and oxygen atoms in total. The SMILES string of the molecule is Cc1nc(COc2ccccc2C(=O)Nc2ccc(Cl)cn2)no1. The van der Waals surface area contributed by atoms with Crippen LogP contribution in [0.2, 0.25) is 5.02 Å². The van der Waals surface area contributed by atoms with Crippen LogP contribution < -0.4 is 10.1 Å². The molecule has 24 heavy (non-hydrogen) atoms. The van der Waals surface area contributed by atoms with Gasteiger partial charge in [0.15, 0.2) is 6.61 Å². The Morgan fingerprint density at radius 2 is 2.12 bits per heavy atom. The van der Waals surface area contributed by atoms with E-state index in [4.69, 9.17) is 20.9 Å². The molecule has 0 aliphatic rings. The molecular weight excluding hydrogens is 332 g/mol. The molecule has 0 fully saturated rings. The van der Waals surface area contributed by atoms with Crippen molar-refractivity contribution in [3.05, 3.63) is 64.9 Å². The summed E-state index contributed by atoms with van der Waals surface area (Å²) in [6, 6.07) is 10.1. The summed E-state index contributed by atoms with van der Waals surface area (Å²) in [5.41, 5.74) is 0.370. The second-order valence-corrected chi connectivity index (χ2v) is 5.27. The van der Waals surface area contributed by atoms with E-state index in [-0.39, 0.29) is 12.5 Å². The highest BCUT2D eigenvalue weighted by Gasteiger charge is 2.14. The number of halogens is 1. The normalized spacial score (nSPS) is 10.4. The van der Waals surface area contributed by atoms with Gasteiger partial charge in [0.05, 0.1) is 10.6 Å². The molecular formula is C16H13ClN4O3. The van der Waals surface area contributed by atoms with Gasteiger partial charge in [-0.15, -0.1) is 0 Å². The molecule has 0 saturated carbocycles. The number of hydrogen-bond donors (Lipinski definition) is 1. The van der Waals surface area contributed by atoms with Crippen LogP contribution in [0.3, 0.4) is 0 Å².